The number of hydrogen-bond acceptors (Lipinski definition) is 4. The predicted octanol–water partition coefficient (Wildman–Crippen LogP) is 2.21. The zero-order valence-corrected chi connectivity index (χ0v) is 12.7. The van der Waals surface area contributed by atoms with Crippen LogP contribution < -0.4 is 16.2 Å². The number of amides is 3. The van der Waals surface area contributed by atoms with Crippen LogP contribution in [0.2, 0.25) is 5.28 Å². The summed E-state index contributed by atoms with van der Waals surface area (Å²) in [6, 6.07) is 8.15. The molecular formula is C14H14ClN5O2. The number of hydrazine groups is 1. The molecule has 3 N–H and O–H groups in total. The van der Waals surface area contributed by atoms with E-state index in [0.29, 0.717) is 11.4 Å². The van der Waals surface area contributed by atoms with Crippen LogP contribution in [-0.4, -0.2) is 21.9 Å². The van der Waals surface area contributed by atoms with Gasteiger partial charge in [-0.25, -0.2) is 20.2 Å². The fraction of sp³-hybridized carbons (Fsp3) is 0.143. The van der Waals surface area contributed by atoms with Crippen LogP contribution in [0, 0.1) is 13.8 Å². The lowest BCUT2D eigenvalue weighted by Gasteiger charge is -2.09. The Kier molecular flexibility index (Phi) is 4.90. The van der Waals surface area contributed by atoms with Crippen LogP contribution in [-0.2, 0) is 0 Å². The Balaban J connectivity index is 1.92. The molecule has 1 aromatic heterocycles. The highest BCUT2D eigenvalue weighted by molar-refractivity contribution is 6.28. The van der Waals surface area contributed by atoms with Gasteiger partial charge in [0.2, 0.25) is 5.28 Å². The van der Waals surface area contributed by atoms with E-state index in [-0.39, 0.29) is 11.0 Å². The molecule has 0 fully saturated rings. The molecule has 0 unspecified atom stereocenters. The number of carbonyl (C=O) groups is 2. The van der Waals surface area contributed by atoms with Crippen LogP contribution in [0.3, 0.4) is 0 Å². The second-order valence-corrected chi connectivity index (χ2v) is 4.90. The molecule has 2 rings (SSSR count). The van der Waals surface area contributed by atoms with Crippen molar-refractivity contribution in [1.82, 2.24) is 20.8 Å². The maximum absolute atomic E-state index is 11.9. The van der Waals surface area contributed by atoms with E-state index in [9.17, 15) is 9.59 Å². The molecular weight excluding hydrogens is 306 g/mol. The van der Waals surface area contributed by atoms with E-state index < -0.39 is 11.9 Å². The Morgan fingerprint density at radius 2 is 1.86 bits per heavy atom. The number of hydrogen-bond donors (Lipinski definition) is 3. The SMILES string of the molecule is Cc1cccc(NC(=O)NNC(=O)c2cc(C)nc(Cl)n2)c1. The number of anilines is 1. The second-order valence-electron chi connectivity index (χ2n) is 4.57. The van der Waals surface area contributed by atoms with Crippen molar-refractivity contribution in [3.05, 3.63) is 52.6 Å². The van der Waals surface area contributed by atoms with E-state index in [1.807, 2.05) is 19.1 Å². The summed E-state index contributed by atoms with van der Waals surface area (Å²) in [5.74, 6) is -0.591. The number of aryl methyl sites for hydroxylation is 2. The van der Waals surface area contributed by atoms with E-state index >= 15 is 0 Å². The third kappa shape index (κ3) is 4.42. The summed E-state index contributed by atoms with van der Waals surface area (Å²) in [4.78, 5) is 31.2. The van der Waals surface area contributed by atoms with Gasteiger partial charge >= 0.3 is 6.03 Å². The maximum atomic E-state index is 11.9. The quantitative estimate of drug-likeness (QED) is 0.584. The van der Waals surface area contributed by atoms with Gasteiger partial charge in [-0.05, 0) is 49.2 Å². The molecule has 7 nitrogen and oxygen atoms in total. The molecule has 0 saturated carbocycles. The lowest BCUT2D eigenvalue weighted by Crippen LogP contribution is -2.44. The number of carbonyl (C=O) groups excluding carboxylic acids is 2. The molecule has 0 aliphatic carbocycles. The summed E-state index contributed by atoms with van der Waals surface area (Å²) in [7, 11) is 0. The fourth-order valence-corrected chi connectivity index (χ4v) is 1.94. The minimum Gasteiger partial charge on any atom is -0.307 e. The molecule has 0 spiro atoms. The van der Waals surface area contributed by atoms with Crippen molar-refractivity contribution in [3.63, 3.8) is 0 Å². The Labute approximate surface area is 132 Å². The summed E-state index contributed by atoms with van der Waals surface area (Å²) in [5, 5.41) is 2.56. The van der Waals surface area contributed by atoms with Crippen molar-refractivity contribution < 1.29 is 9.59 Å². The van der Waals surface area contributed by atoms with E-state index in [4.69, 9.17) is 11.6 Å². The minimum atomic E-state index is -0.591. The molecule has 0 aliphatic rings. The van der Waals surface area contributed by atoms with Crippen molar-refractivity contribution in [1.29, 1.82) is 0 Å². The van der Waals surface area contributed by atoms with Crippen LogP contribution in [0.4, 0.5) is 10.5 Å². The van der Waals surface area contributed by atoms with Crippen LogP contribution in [0.15, 0.2) is 30.3 Å². The van der Waals surface area contributed by atoms with Crippen molar-refractivity contribution in [2.45, 2.75) is 13.8 Å². The standard InChI is InChI=1S/C14H14ClN5O2/c1-8-4-3-5-10(6-8)17-14(22)20-19-12(21)11-7-9(2)16-13(15)18-11/h3-7H,1-2H3,(H,19,21)(H2,17,20,22). The number of rotatable bonds is 2. The molecule has 2 aromatic rings. The maximum Gasteiger partial charge on any atom is 0.337 e. The molecule has 114 valence electrons. The van der Waals surface area contributed by atoms with Crippen LogP contribution >= 0.6 is 11.6 Å². The van der Waals surface area contributed by atoms with Crippen molar-refractivity contribution in [3.8, 4) is 0 Å². The van der Waals surface area contributed by atoms with Crippen LogP contribution in [0.1, 0.15) is 21.7 Å². The van der Waals surface area contributed by atoms with Crippen LogP contribution in [0.25, 0.3) is 0 Å². The topological polar surface area (TPSA) is 96.0 Å². The highest BCUT2D eigenvalue weighted by Gasteiger charge is 2.11. The zero-order valence-electron chi connectivity index (χ0n) is 12.0. The molecule has 0 aliphatic heterocycles. The summed E-state index contributed by atoms with van der Waals surface area (Å²) in [6.07, 6.45) is 0. The Morgan fingerprint density at radius 1 is 1.09 bits per heavy atom. The van der Waals surface area contributed by atoms with E-state index in [1.165, 1.54) is 6.07 Å². The average Bonchev–Trinajstić information content (AvgIpc) is 2.43. The Bertz CT molecular complexity index is 700. The Hall–Kier alpha value is -2.67. The number of aromatic nitrogens is 2. The number of nitrogens with one attached hydrogen (secondary N) is 3. The molecule has 0 bridgehead atoms. The molecule has 0 saturated heterocycles. The first-order valence-corrected chi connectivity index (χ1v) is 6.77. The van der Waals surface area contributed by atoms with Gasteiger partial charge in [-0.15, -0.1) is 0 Å². The normalized spacial score (nSPS) is 9.95. The molecule has 1 heterocycles. The highest BCUT2D eigenvalue weighted by Crippen LogP contribution is 2.09. The minimum absolute atomic E-state index is 0.0330. The second kappa shape index (κ2) is 6.86. The lowest BCUT2D eigenvalue weighted by molar-refractivity contribution is 0.0932. The first kappa shape index (κ1) is 15.7. The molecule has 0 radical (unpaired) electrons. The van der Waals surface area contributed by atoms with Gasteiger partial charge in [0.25, 0.3) is 5.91 Å². The van der Waals surface area contributed by atoms with E-state index in [1.54, 1.807) is 19.1 Å². The predicted molar refractivity (Wildman–Crippen MR) is 82.6 cm³/mol. The largest absolute Gasteiger partial charge is 0.337 e. The average molecular weight is 320 g/mol. The fourth-order valence-electron chi connectivity index (χ4n) is 1.71. The molecule has 0 atom stereocenters. The van der Waals surface area contributed by atoms with Crippen molar-refractivity contribution >= 4 is 29.2 Å². The molecule has 3 amide bonds. The van der Waals surface area contributed by atoms with E-state index in [2.05, 4.69) is 26.1 Å². The molecule has 22 heavy (non-hydrogen) atoms. The van der Waals surface area contributed by atoms with Gasteiger partial charge in [-0.2, -0.15) is 0 Å². The van der Waals surface area contributed by atoms with E-state index in [0.717, 1.165) is 5.56 Å². The molecule has 1 aromatic carbocycles. The first-order valence-electron chi connectivity index (χ1n) is 6.39. The Morgan fingerprint density at radius 3 is 2.55 bits per heavy atom. The summed E-state index contributed by atoms with van der Waals surface area (Å²) in [6.45, 7) is 3.59. The third-order valence-electron chi connectivity index (χ3n) is 2.63. The smallest absolute Gasteiger partial charge is 0.307 e. The molecule has 8 heteroatoms. The summed E-state index contributed by atoms with van der Waals surface area (Å²) < 4.78 is 0. The highest BCUT2D eigenvalue weighted by atomic mass is 35.5. The van der Waals surface area contributed by atoms with Gasteiger partial charge in [0.15, 0.2) is 0 Å². The monoisotopic (exact) mass is 319 g/mol. The van der Waals surface area contributed by atoms with Gasteiger partial charge in [-0.3, -0.25) is 10.2 Å². The summed E-state index contributed by atoms with van der Waals surface area (Å²) >= 11 is 5.68. The lowest BCUT2D eigenvalue weighted by atomic mass is 10.2. The number of nitrogens with zero attached hydrogens (tertiary/aromatic N) is 2. The van der Waals surface area contributed by atoms with Crippen LogP contribution in [0.5, 0.6) is 0 Å². The van der Waals surface area contributed by atoms with Crippen molar-refractivity contribution in [2.24, 2.45) is 0 Å². The number of halogens is 1. The van der Waals surface area contributed by atoms with Gasteiger partial charge in [-0.1, -0.05) is 12.1 Å². The first-order chi connectivity index (χ1) is 10.4. The van der Waals surface area contributed by atoms with Gasteiger partial charge in [0, 0.05) is 11.4 Å². The third-order valence-corrected chi connectivity index (χ3v) is 2.79. The van der Waals surface area contributed by atoms with Gasteiger partial charge in [0.05, 0.1) is 0 Å². The number of benzene rings is 1. The van der Waals surface area contributed by atoms with Gasteiger partial charge < -0.3 is 5.32 Å². The van der Waals surface area contributed by atoms with Gasteiger partial charge in [0.1, 0.15) is 5.69 Å². The summed E-state index contributed by atoms with van der Waals surface area (Å²) in [5.41, 5.74) is 6.71. The zero-order chi connectivity index (χ0) is 16.1. The number of urea groups is 1. The van der Waals surface area contributed by atoms with Crippen molar-refractivity contribution in [2.75, 3.05) is 5.32 Å².